The van der Waals surface area contributed by atoms with Gasteiger partial charge in [-0.3, -0.25) is 11.7 Å². The number of rotatable bonds is 4. The molecule has 0 saturated carbocycles. The van der Waals surface area contributed by atoms with E-state index in [1.165, 1.54) is 0 Å². The molecule has 1 aromatic rings. The van der Waals surface area contributed by atoms with Crippen molar-refractivity contribution in [1.29, 1.82) is 0 Å². The third kappa shape index (κ3) is 2.36. The Morgan fingerprint density at radius 1 is 0.750 bits per heavy atom. The van der Waals surface area contributed by atoms with Crippen molar-refractivity contribution in [3.05, 3.63) is 24.3 Å². The Balaban J connectivity index is 2.58. The zero-order valence-electron chi connectivity index (χ0n) is 6.46. The van der Waals surface area contributed by atoms with Gasteiger partial charge in [-0.25, -0.2) is 0 Å². The van der Waals surface area contributed by atoms with Gasteiger partial charge in [0.25, 0.3) is 0 Å². The summed E-state index contributed by atoms with van der Waals surface area (Å²) in [6.07, 6.45) is 0. The van der Waals surface area contributed by atoms with Crippen LogP contribution in [-0.4, -0.2) is 0 Å². The van der Waals surface area contributed by atoms with E-state index in [2.05, 4.69) is 21.9 Å². The minimum atomic E-state index is 0.875. The van der Waals surface area contributed by atoms with E-state index in [1.807, 2.05) is 24.3 Å². The van der Waals surface area contributed by atoms with E-state index in [-0.39, 0.29) is 0 Å². The molecule has 8 N–H and O–H groups in total. The fourth-order valence-corrected chi connectivity index (χ4v) is 0.804. The minimum Gasteiger partial charge on any atom is -0.308 e. The van der Waals surface area contributed by atoms with Crippen LogP contribution in [0, 0.1) is 0 Å². The normalized spacial score (nSPS) is 9.50. The lowest BCUT2D eigenvalue weighted by molar-refractivity contribution is 0.871. The zero-order valence-corrected chi connectivity index (χ0v) is 6.46. The Kier molecular flexibility index (Phi) is 3.30. The molecule has 6 heteroatoms. The summed E-state index contributed by atoms with van der Waals surface area (Å²) in [7, 11) is 0. The highest BCUT2D eigenvalue weighted by Gasteiger charge is 1.90. The maximum Gasteiger partial charge on any atom is 0.0502 e. The first kappa shape index (κ1) is 8.75. The van der Waals surface area contributed by atoms with Gasteiger partial charge in [0.2, 0.25) is 0 Å². The van der Waals surface area contributed by atoms with Crippen LogP contribution in [0.1, 0.15) is 0 Å². The smallest absolute Gasteiger partial charge is 0.0502 e. The molecule has 0 atom stereocenters. The fraction of sp³-hybridized carbons (Fsp3) is 0. The number of nitrogens with one attached hydrogen (secondary N) is 4. The quantitative estimate of drug-likeness (QED) is 0.262. The van der Waals surface area contributed by atoms with E-state index in [4.69, 9.17) is 11.7 Å². The average molecular weight is 168 g/mol. The number of hydrogen-bond donors (Lipinski definition) is 6. The number of hydrogen-bond acceptors (Lipinski definition) is 6. The first-order valence-electron chi connectivity index (χ1n) is 3.40. The summed E-state index contributed by atoms with van der Waals surface area (Å²) in [5.41, 5.74) is 11.8. The maximum atomic E-state index is 5.05. The van der Waals surface area contributed by atoms with Gasteiger partial charge >= 0.3 is 0 Å². The molecule has 0 spiro atoms. The van der Waals surface area contributed by atoms with Gasteiger partial charge in [0.1, 0.15) is 0 Å². The summed E-state index contributed by atoms with van der Waals surface area (Å²) in [6.45, 7) is 0. The van der Waals surface area contributed by atoms with Crippen LogP contribution in [0.4, 0.5) is 11.4 Å². The molecule has 0 amide bonds. The number of anilines is 2. The summed E-state index contributed by atoms with van der Waals surface area (Å²) in [5, 5.41) is 0. The van der Waals surface area contributed by atoms with E-state index in [0.717, 1.165) is 11.4 Å². The van der Waals surface area contributed by atoms with Crippen molar-refractivity contribution < 1.29 is 0 Å². The van der Waals surface area contributed by atoms with E-state index in [0.29, 0.717) is 0 Å². The number of benzene rings is 1. The molecule has 1 rings (SSSR count). The average Bonchev–Trinajstić information content (AvgIpc) is 2.09. The van der Waals surface area contributed by atoms with Gasteiger partial charge in [-0.2, -0.15) is 11.1 Å². The van der Waals surface area contributed by atoms with Crippen LogP contribution in [0.5, 0.6) is 0 Å². The SMILES string of the molecule is NNNc1ccc(NNN)cc1. The van der Waals surface area contributed by atoms with E-state index in [1.54, 1.807) is 0 Å². The summed E-state index contributed by atoms with van der Waals surface area (Å²) in [6, 6.07) is 7.39. The van der Waals surface area contributed by atoms with Crippen molar-refractivity contribution in [3.8, 4) is 0 Å². The van der Waals surface area contributed by atoms with E-state index in [9.17, 15) is 0 Å². The lowest BCUT2D eigenvalue weighted by Gasteiger charge is -2.06. The largest absolute Gasteiger partial charge is 0.308 e. The first-order valence-corrected chi connectivity index (χ1v) is 3.40. The lowest BCUT2D eigenvalue weighted by atomic mass is 10.3. The van der Waals surface area contributed by atoms with Gasteiger partial charge in [-0.1, -0.05) is 0 Å². The Hall–Kier alpha value is -1.34. The lowest BCUT2D eigenvalue weighted by Crippen LogP contribution is -2.29. The second kappa shape index (κ2) is 4.52. The van der Waals surface area contributed by atoms with Crippen molar-refractivity contribution in [3.63, 3.8) is 0 Å². The van der Waals surface area contributed by atoms with Crippen molar-refractivity contribution >= 4 is 11.4 Å². The predicted molar refractivity (Wildman–Crippen MR) is 48.3 cm³/mol. The topological polar surface area (TPSA) is 100 Å². The van der Waals surface area contributed by atoms with Crippen LogP contribution in [0.25, 0.3) is 0 Å². The van der Waals surface area contributed by atoms with Gasteiger partial charge in [0.05, 0.1) is 11.4 Å². The van der Waals surface area contributed by atoms with Crippen LogP contribution in [0.15, 0.2) is 24.3 Å². The van der Waals surface area contributed by atoms with Gasteiger partial charge in [0, 0.05) is 0 Å². The molecule has 0 saturated heterocycles. The summed E-state index contributed by atoms with van der Waals surface area (Å²) in [5.74, 6) is 10.1. The molecule has 66 valence electrons. The Morgan fingerprint density at radius 3 is 1.33 bits per heavy atom. The molecule has 6 nitrogen and oxygen atoms in total. The van der Waals surface area contributed by atoms with E-state index >= 15 is 0 Å². The first-order chi connectivity index (χ1) is 5.86. The van der Waals surface area contributed by atoms with Crippen LogP contribution in [0.2, 0.25) is 0 Å². The standard InChI is InChI=1S/C6H12N6/c7-11-9-5-1-2-6(4-3-5)10-12-8/h1-4,9-12H,7-8H2. The number of hydrazine groups is 4. The highest BCUT2D eigenvalue weighted by atomic mass is 15.5. The molecule has 0 aliphatic carbocycles. The molecule has 0 radical (unpaired) electrons. The third-order valence-electron chi connectivity index (χ3n) is 1.32. The molecule has 0 aromatic heterocycles. The molecule has 0 fully saturated rings. The molecule has 0 aliphatic heterocycles. The maximum absolute atomic E-state index is 5.05. The van der Waals surface area contributed by atoms with E-state index < -0.39 is 0 Å². The van der Waals surface area contributed by atoms with Crippen molar-refractivity contribution in [2.75, 3.05) is 10.9 Å². The second-order valence-corrected chi connectivity index (χ2v) is 2.12. The highest BCUT2D eigenvalue weighted by Crippen LogP contribution is 2.10. The third-order valence-corrected chi connectivity index (χ3v) is 1.32. The Labute approximate surface area is 70.2 Å². The predicted octanol–water partition coefficient (Wildman–Crippen LogP) is -0.733. The Bertz CT molecular complexity index is 195. The zero-order chi connectivity index (χ0) is 8.81. The van der Waals surface area contributed by atoms with Crippen LogP contribution < -0.4 is 33.6 Å². The molecule has 0 unspecified atom stereocenters. The highest BCUT2D eigenvalue weighted by molar-refractivity contribution is 5.52. The minimum absolute atomic E-state index is 0.875. The molecule has 0 heterocycles. The summed E-state index contributed by atoms with van der Waals surface area (Å²) in [4.78, 5) is 0. The van der Waals surface area contributed by atoms with Gasteiger partial charge in [-0.05, 0) is 24.3 Å². The van der Waals surface area contributed by atoms with Crippen LogP contribution >= 0.6 is 0 Å². The monoisotopic (exact) mass is 168 g/mol. The van der Waals surface area contributed by atoms with Crippen molar-refractivity contribution in [1.82, 2.24) is 11.1 Å². The Morgan fingerprint density at radius 2 is 1.08 bits per heavy atom. The second-order valence-electron chi connectivity index (χ2n) is 2.12. The molecule has 0 aliphatic rings. The molecular weight excluding hydrogens is 156 g/mol. The van der Waals surface area contributed by atoms with Crippen molar-refractivity contribution in [2.24, 2.45) is 11.7 Å². The van der Waals surface area contributed by atoms with Crippen LogP contribution in [-0.2, 0) is 0 Å². The van der Waals surface area contributed by atoms with Gasteiger partial charge in [-0.15, -0.1) is 0 Å². The van der Waals surface area contributed by atoms with Gasteiger partial charge < -0.3 is 10.9 Å². The number of nitrogens with two attached hydrogens (primary N) is 2. The molecule has 12 heavy (non-hydrogen) atoms. The molecular formula is C6H12N6. The fourth-order valence-electron chi connectivity index (χ4n) is 0.804. The molecule has 0 bridgehead atoms. The molecule has 1 aromatic carbocycles. The van der Waals surface area contributed by atoms with Crippen LogP contribution in [0.3, 0.4) is 0 Å². The summed E-state index contributed by atoms with van der Waals surface area (Å²) < 4.78 is 0. The van der Waals surface area contributed by atoms with Crippen molar-refractivity contribution in [2.45, 2.75) is 0 Å². The summed E-state index contributed by atoms with van der Waals surface area (Å²) >= 11 is 0. The van der Waals surface area contributed by atoms with Gasteiger partial charge in [0.15, 0.2) is 0 Å².